The van der Waals surface area contributed by atoms with Gasteiger partial charge in [-0.25, -0.2) is 0 Å². The second-order valence-electron chi connectivity index (χ2n) is 3.02. The lowest BCUT2D eigenvalue weighted by Gasteiger charge is -2.01. The Balaban J connectivity index is 2.34. The summed E-state index contributed by atoms with van der Waals surface area (Å²) in [6, 6.07) is 0. The van der Waals surface area contributed by atoms with E-state index < -0.39 is 0 Å². The second kappa shape index (κ2) is 2.61. The fraction of sp³-hybridized carbons (Fsp3) is 0.556. The smallest absolute Gasteiger partial charge is 0.0649 e. The highest BCUT2D eigenvalue weighted by Crippen LogP contribution is 2.39. The largest absolute Gasteiger partial charge is 0.258 e. The fourth-order valence-corrected chi connectivity index (χ4v) is 1.35. The Bertz CT molecular complexity index is 253. The molecule has 1 heterocycles. The van der Waals surface area contributed by atoms with Crippen molar-refractivity contribution >= 4 is 0 Å². The maximum absolute atomic E-state index is 4.35. The first-order valence-electron chi connectivity index (χ1n) is 4.21. The van der Waals surface area contributed by atoms with Crippen molar-refractivity contribution in [2.75, 3.05) is 0 Å². The molecular weight excluding hydrogens is 136 g/mol. The van der Waals surface area contributed by atoms with Crippen molar-refractivity contribution in [2.24, 2.45) is 0 Å². The van der Waals surface area contributed by atoms with Crippen LogP contribution < -0.4 is 0 Å². The Morgan fingerprint density at radius 2 is 2.09 bits per heavy atom. The number of nitrogens with zero attached hydrogens (tertiary/aromatic N) is 2. The molecule has 0 saturated heterocycles. The van der Waals surface area contributed by atoms with E-state index in [0.717, 1.165) is 12.3 Å². The quantitative estimate of drug-likeness (QED) is 0.640. The average Bonchev–Trinajstić information content (AvgIpc) is 2.87. The van der Waals surface area contributed by atoms with Crippen LogP contribution in [0.3, 0.4) is 0 Å². The van der Waals surface area contributed by atoms with Gasteiger partial charge in [-0.05, 0) is 19.3 Å². The molecule has 0 aliphatic heterocycles. The molecule has 0 atom stereocenters. The van der Waals surface area contributed by atoms with E-state index in [1.165, 1.54) is 24.2 Å². The van der Waals surface area contributed by atoms with Crippen molar-refractivity contribution in [1.82, 2.24) is 9.97 Å². The number of rotatable bonds is 2. The van der Waals surface area contributed by atoms with Gasteiger partial charge >= 0.3 is 0 Å². The van der Waals surface area contributed by atoms with E-state index in [-0.39, 0.29) is 0 Å². The van der Waals surface area contributed by atoms with Gasteiger partial charge in [0.05, 0.1) is 11.4 Å². The van der Waals surface area contributed by atoms with E-state index in [0.29, 0.717) is 0 Å². The SMILES string of the molecule is CCc1nccnc1C1CC1. The summed E-state index contributed by atoms with van der Waals surface area (Å²) in [5.41, 5.74) is 2.44. The summed E-state index contributed by atoms with van der Waals surface area (Å²) in [6.45, 7) is 2.13. The van der Waals surface area contributed by atoms with Crippen molar-refractivity contribution in [2.45, 2.75) is 32.1 Å². The molecule has 1 aromatic heterocycles. The van der Waals surface area contributed by atoms with Crippen molar-refractivity contribution < 1.29 is 0 Å². The van der Waals surface area contributed by atoms with Crippen LogP contribution in [0.2, 0.25) is 0 Å². The second-order valence-corrected chi connectivity index (χ2v) is 3.02. The lowest BCUT2D eigenvalue weighted by molar-refractivity contribution is 0.896. The number of aromatic nitrogens is 2. The predicted molar refractivity (Wildman–Crippen MR) is 43.4 cm³/mol. The molecule has 2 heteroatoms. The normalized spacial score (nSPS) is 16.8. The van der Waals surface area contributed by atoms with Crippen LogP contribution in [0.4, 0.5) is 0 Å². The van der Waals surface area contributed by atoms with Gasteiger partial charge in [-0.2, -0.15) is 0 Å². The van der Waals surface area contributed by atoms with Gasteiger partial charge in [0, 0.05) is 18.3 Å². The molecule has 1 fully saturated rings. The van der Waals surface area contributed by atoms with Gasteiger partial charge in [0.25, 0.3) is 0 Å². The van der Waals surface area contributed by atoms with Crippen molar-refractivity contribution in [3.05, 3.63) is 23.8 Å². The molecule has 0 radical (unpaired) electrons. The maximum Gasteiger partial charge on any atom is 0.0649 e. The molecule has 0 amide bonds. The van der Waals surface area contributed by atoms with Crippen molar-refractivity contribution in [3.8, 4) is 0 Å². The zero-order chi connectivity index (χ0) is 7.68. The van der Waals surface area contributed by atoms with E-state index in [1.807, 2.05) is 0 Å². The van der Waals surface area contributed by atoms with Gasteiger partial charge in [0.15, 0.2) is 0 Å². The van der Waals surface area contributed by atoms with Crippen LogP contribution in [0.15, 0.2) is 12.4 Å². The van der Waals surface area contributed by atoms with E-state index >= 15 is 0 Å². The highest BCUT2D eigenvalue weighted by atomic mass is 14.8. The summed E-state index contributed by atoms with van der Waals surface area (Å²) < 4.78 is 0. The van der Waals surface area contributed by atoms with Gasteiger partial charge in [0.2, 0.25) is 0 Å². The molecule has 0 spiro atoms. The third-order valence-electron chi connectivity index (χ3n) is 2.11. The summed E-state index contributed by atoms with van der Waals surface area (Å²) in [5, 5.41) is 0. The Morgan fingerprint density at radius 1 is 1.36 bits per heavy atom. The molecule has 2 rings (SSSR count). The highest BCUT2D eigenvalue weighted by Gasteiger charge is 2.27. The summed E-state index contributed by atoms with van der Waals surface area (Å²) in [6.07, 6.45) is 7.22. The zero-order valence-corrected chi connectivity index (χ0v) is 6.75. The van der Waals surface area contributed by atoms with Crippen molar-refractivity contribution in [1.29, 1.82) is 0 Å². The minimum absolute atomic E-state index is 0.735. The first-order chi connectivity index (χ1) is 5.42. The van der Waals surface area contributed by atoms with Gasteiger partial charge in [0.1, 0.15) is 0 Å². The van der Waals surface area contributed by atoms with Gasteiger partial charge in [-0.3, -0.25) is 9.97 Å². The van der Waals surface area contributed by atoms with Crippen molar-refractivity contribution in [3.63, 3.8) is 0 Å². The van der Waals surface area contributed by atoms with Crippen LogP contribution in [0.1, 0.15) is 37.1 Å². The number of aryl methyl sites for hydroxylation is 1. The Labute approximate surface area is 66.7 Å². The average molecular weight is 148 g/mol. The van der Waals surface area contributed by atoms with Crippen LogP contribution in [-0.4, -0.2) is 9.97 Å². The highest BCUT2D eigenvalue weighted by molar-refractivity contribution is 5.19. The van der Waals surface area contributed by atoms with Gasteiger partial charge in [-0.15, -0.1) is 0 Å². The third-order valence-corrected chi connectivity index (χ3v) is 2.11. The first-order valence-corrected chi connectivity index (χ1v) is 4.21. The Hall–Kier alpha value is -0.920. The molecule has 2 nitrogen and oxygen atoms in total. The summed E-state index contributed by atoms with van der Waals surface area (Å²) in [7, 11) is 0. The molecule has 1 aromatic rings. The Kier molecular flexibility index (Phi) is 1.60. The molecule has 1 aliphatic carbocycles. The lowest BCUT2D eigenvalue weighted by Crippen LogP contribution is -1.96. The van der Waals surface area contributed by atoms with Crippen LogP contribution in [0.5, 0.6) is 0 Å². The van der Waals surface area contributed by atoms with Gasteiger partial charge < -0.3 is 0 Å². The molecule has 58 valence electrons. The Morgan fingerprint density at radius 3 is 2.73 bits per heavy atom. The molecule has 11 heavy (non-hydrogen) atoms. The van der Waals surface area contributed by atoms with E-state index in [4.69, 9.17) is 0 Å². The molecule has 0 aromatic carbocycles. The third kappa shape index (κ3) is 1.25. The zero-order valence-electron chi connectivity index (χ0n) is 6.75. The van der Waals surface area contributed by atoms with Gasteiger partial charge in [-0.1, -0.05) is 6.92 Å². The maximum atomic E-state index is 4.35. The minimum Gasteiger partial charge on any atom is -0.258 e. The minimum atomic E-state index is 0.735. The van der Waals surface area contributed by atoms with E-state index in [2.05, 4.69) is 16.9 Å². The van der Waals surface area contributed by atoms with E-state index in [9.17, 15) is 0 Å². The summed E-state index contributed by atoms with van der Waals surface area (Å²) in [4.78, 5) is 8.64. The molecule has 0 bridgehead atoms. The van der Waals surface area contributed by atoms with Crippen LogP contribution in [0, 0.1) is 0 Å². The summed E-state index contributed by atoms with van der Waals surface area (Å²) >= 11 is 0. The van der Waals surface area contributed by atoms with Crippen LogP contribution in [-0.2, 0) is 6.42 Å². The summed E-state index contributed by atoms with van der Waals surface area (Å²) in [5.74, 6) is 0.735. The molecular formula is C9H12N2. The van der Waals surface area contributed by atoms with E-state index in [1.54, 1.807) is 12.4 Å². The van der Waals surface area contributed by atoms with Crippen LogP contribution >= 0.6 is 0 Å². The monoisotopic (exact) mass is 148 g/mol. The molecule has 1 aliphatic rings. The predicted octanol–water partition coefficient (Wildman–Crippen LogP) is 1.92. The van der Waals surface area contributed by atoms with Crippen LogP contribution in [0.25, 0.3) is 0 Å². The topological polar surface area (TPSA) is 25.8 Å². The number of hydrogen-bond donors (Lipinski definition) is 0. The first kappa shape index (κ1) is 6.77. The molecule has 1 saturated carbocycles. The number of hydrogen-bond acceptors (Lipinski definition) is 2. The standard InChI is InChI=1S/C9H12N2/c1-2-8-9(7-3-4-7)11-6-5-10-8/h5-7H,2-4H2,1H3. The fourth-order valence-electron chi connectivity index (χ4n) is 1.35. The molecule has 0 unspecified atom stereocenters. The molecule has 0 N–H and O–H groups in total. The lowest BCUT2D eigenvalue weighted by atomic mass is 10.2.